The van der Waals surface area contributed by atoms with E-state index in [4.69, 9.17) is 4.42 Å². The first-order valence-electron chi connectivity index (χ1n) is 18.6. The normalized spacial score (nSPS) is 12.1. The van der Waals surface area contributed by atoms with Crippen LogP contribution in [0, 0.1) is 0 Å². The lowest BCUT2D eigenvalue weighted by Gasteiger charge is -2.18. The molecule has 250 valence electrons. The van der Waals surface area contributed by atoms with Gasteiger partial charge in [0.2, 0.25) is 0 Å². The maximum Gasteiger partial charge on any atom is 0.143 e. The average Bonchev–Trinajstić information content (AvgIpc) is 3.79. The Morgan fingerprint density at radius 2 is 0.778 bits per heavy atom. The standard InChI is InChI=1S/C52H31NO/c1-2-12-32-27-34(22-21-31(32)11-1)49-39-16-5-7-18-41(39)50(42-19-8-6-17-40(42)49)35-23-25-46-43(29-35)44-30-36(24-26-47(44)53-46)51-37-14-4-3-13-33(37)28-45-38-15-9-10-20-48(38)54-52(45)51/h1-30,53H. The van der Waals surface area contributed by atoms with Crippen LogP contribution in [-0.4, -0.2) is 4.98 Å². The summed E-state index contributed by atoms with van der Waals surface area (Å²) in [4.78, 5) is 3.73. The second kappa shape index (κ2) is 11.2. The van der Waals surface area contributed by atoms with Crippen LogP contribution >= 0.6 is 0 Å². The van der Waals surface area contributed by atoms with Crippen molar-refractivity contribution in [3.05, 3.63) is 182 Å². The Morgan fingerprint density at radius 3 is 1.43 bits per heavy atom. The summed E-state index contributed by atoms with van der Waals surface area (Å²) >= 11 is 0. The smallest absolute Gasteiger partial charge is 0.143 e. The first-order valence-corrected chi connectivity index (χ1v) is 18.6. The zero-order valence-corrected chi connectivity index (χ0v) is 29.2. The number of aromatic amines is 1. The number of benzene rings is 10. The second-order valence-corrected chi connectivity index (χ2v) is 14.5. The molecule has 2 heterocycles. The van der Waals surface area contributed by atoms with Crippen molar-refractivity contribution in [2.24, 2.45) is 0 Å². The fourth-order valence-corrected chi connectivity index (χ4v) is 9.11. The van der Waals surface area contributed by atoms with E-state index in [9.17, 15) is 0 Å². The van der Waals surface area contributed by atoms with Gasteiger partial charge in [-0.15, -0.1) is 0 Å². The second-order valence-electron chi connectivity index (χ2n) is 14.5. The van der Waals surface area contributed by atoms with Crippen molar-refractivity contribution in [2.45, 2.75) is 0 Å². The number of fused-ring (bicyclic) bond motifs is 10. The summed E-state index contributed by atoms with van der Waals surface area (Å²) < 4.78 is 6.64. The Balaban J connectivity index is 1.11. The van der Waals surface area contributed by atoms with Gasteiger partial charge >= 0.3 is 0 Å². The molecule has 0 aliphatic rings. The van der Waals surface area contributed by atoms with Crippen molar-refractivity contribution in [3.8, 4) is 33.4 Å². The highest BCUT2D eigenvalue weighted by molar-refractivity contribution is 6.23. The summed E-state index contributed by atoms with van der Waals surface area (Å²) in [6.45, 7) is 0. The Hall–Kier alpha value is -7.16. The molecule has 54 heavy (non-hydrogen) atoms. The van der Waals surface area contributed by atoms with Crippen molar-refractivity contribution in [1.82, 2.24) is 4.98 Å². The molecule has 0 aliphatic carbocycles. The number of rotatable bonds is 3. The van der Waals surface area contributed by atoms with Gasteiger partial charge in [-0.2, -0.15) is 0 Å². The summed E-state index contributed by atoms with van der Waals surface area (Å²) in [5, 5.41) is 14.6. The highest BCUT2D eigenvalue weighted by Gasteiger charge is 2.20. The monoisotopic (exact) mass is 685 g/mol. The molecule has 2 heteroatoms. The molecule has 0 aliphatic heterocycles. The molecule has 0 saturated carbocycles. The molecule has 0 amide bonds. The van der Waals surface area contributed by atoms with Crippen LogP contribution in [0.1, 0.15) is 0 Å². The van der Waals surface area contributed by atoms with Gasteiger partial charge in [-0.05, 0) is 113 Å². The minimum atomic E-state index is 0.910. The van der Waals surface area contributed by atoms with E-state index < -0.39 is 0 Å². The summed E-state index contributed by atoms with van der Waals surface area (Å²) in [5.74, 6) is 0. The van der Waals surface area contributed by atoms with Gasteiger partial charge in [-0.3, -0.25) is 0 Å². The third kappa shape index (κ3) is 4.22. The fourth-order valence-electron chi connectivity index (χ4n) is 9.11. The molecule has 2 aromatic heterocycles. The van der Waals surface area contributed by atoms with Crippen LogP contribution in [0.25, 0.3) is 120 Å². The van der Waals surface area contributed by atoms with E-state index in [1.165, 1.54) is 76.1 Å². The first kappa shape index (κ1) is 29.4. The van der Waals surface area contributed by atoms with E-state index >= 15 is 0 Å². The maximum atomic E-state index is 6.64. The minimum Gasteiger partial charge on any atom is -0.455 e. The average molecular weight is 686 g/mol. The van der Waals surface area contributed by atoms with Crippen molar-refractivity contribution >= 4 is 86.8 Å². The third-order valence-electron chi connectivity index (χ3n) is 11.5. The van der Waals surface area contributed by atoms with Crippen LogP contribution in [0.2, 0.25) is 0 Å². The van der Waals surface area contributed by atoms with Gasteiger partial charge < -0.3 is 9.40 Å². The largest absolute Gasteiger partial charge is 0.455 e. The summed E-state index contributed by atoms with van der Waals surface area (Å²) in [6, 6.07) is 66.4. The number of furan rings is 1. The van der Waals surface area contributed by atoms with E-state index in [0.717, 1.165) is 44.1 Å². The Kier molecular flexibility index (Phi) is 6.09. The van der Waals surface area contributed by atoms with Crippen LogP contribution in [0.15, 0.2) is 186 Å². The number of hydrogen-bond acceptors (Lipinski definition) is 1. The predicted octanol–water partition coefficient (Wildman–Crippen LogP) is 14.8. The maximum absolute atomic E-state index is 6.64. The molecule has 0 unspecified atom stereocenters. The first-order chi connectivity index (χ1) is 26.8. The van der Waals surface area contributed by atoms with Crippen LogP contribution in [-0.2, 0) is 0 Å². The lowest BCUT2D eigenvalue weighted by atomic mass is 9.85. The molecule has 0 spiro atoms. The van der Waals surface area contributed by atoms with Crippen LogP contribution < -0.4 is 0 Å². The zero-order chi connectivity index (χ0) is 35.3. The van der Waals surface area contributed by atoms with Crippen LogP contribution in [0.3, 0.4) is 0 Å². The van der Waals surface area contributed by atoms with Gasteiger partial charge in [0.1, 0.15) is 11.2 Å². The van der Waals surface area contributed by atoms with E-state index in [1.54, 1.807) is 0 Å². The molecule has 0 atom stereocenters. The lowest BCUT2D eigenvalue weighted by molar-refractivity contribution is 0.670. The van der Waals surface area contributed by atoms with E-state index in [-0.39, 0.29) is 0 Å². The minimum absolute atomic E-state index is 0.910. The van der Waals surface area contributed by atoms with Crippen molar-refractivity contribution in [3.63, 3.8) is 0 Å². The number of H-pyrrole nitrogens is 1. The highest BCUT2D eigenvalue weighted by atomic mass is 16.3. The van der Waals surface area contributed by atoms with Crippen LogP contribution in [0.4, 0.5) is 0 Å². The van der Waals surface area contributed by atoms with Gasteiger partial charge in [-0.25, -0.2) is 0 Å². The number of hydrogen-bond donors (Lipinski definition) is 1. The Morgan fingerprint density at radius 1 is 0.296 bits per heavy atom. The van der Waals surface area contributed by atoms with Crippen LogP contribution in [0.5, 0.6) is 0 Å². The molecule has 1 N–H and O–H groups in total. The Labute approximate surface area is 310 Å². The molecule has 0 radical (unpaired) electrons. The van der Waals surface area contributed by atoms with Gasteiger partial charge in [0.05, 0.1) is 0 Å². The molecule has 2 nitrogen and oxygen atoms in total. The number of aromatic nitrogens is 1. The lowest BCUT2D eigenvalue weighted by Crippen LogP contribution is -1.91. The molecule has 0 bridgehead atoms. The fraction of sp³-hybridized carbons (Fsp3) is 0. The molecule has 0 fully saturated rings. The Bertz CT molecular complexity index is 3450. The number of nitrogens with one attached hydrogen (secondary N) is 1. The van der Waals surface area contributed by atoms with Crippen molar-refractivity contribution < 1.29 is 4.42 Å². The predicted molar refractivity (Wildman–Crippen MR) is 229 cm³/mol. The third-order valence-corrected chi connectivity index (χ3v) is 11.5. The molecule has 12 aromatic rings. The molecule has 12 rings (SSSR count). The highest BCUT2D eigenvalue weighted by Crippen LogP contribution is 2.46. The van der Waals surface area contributed by atoms with Crippen molar-refractivity contribution in [1.29, 1.82) is 0 Å². The summed E-state index contributed by atoms with van der Waals surface area (Å²) in [7, 11) is 0. The molecule has 10 aromatic carbocycles. The summed E-state index contributed by atoms with van der Waals surface area (Å²) in [6.07, 6.45) is 0. The zero-order valence-electron chi connectivity index (χ0n) is 29.2. The molecule has 0 saturated heterocycles. The topological polar surface area (TPSA) is 28.9 Å². The SMILES string of the molecule is c1ccc2cc(-c3c4ccccc4c(-c4ccc5[nH]c6ccc(-c7c8ccccc8cc8c7oc7ccccc78)cc6c5c4)c4ccccc34)ccc2c1. The van der Waals surface area contributed by atoms with Crippen molar-refractivity contribution in [2.75, 3.05) is 0 Å². The van der Waals surface area contributed by atoms with Gasteiger partial charge in [0, 0.05) is 38.1 Å². The van der Waals surface area contributed by atoms with E-state index in [1.807, 2.05) is 6.07 Å². The van der Waals surface area contributed by atoms with Gasteiger partial charge in [0.15, 0.2) is 0 Å². The quantitative estimate of drug-likeness (QED) is 0.184. The van der Waals surface area contributed by atoms with E-state index in [2.05, 4.69) is 181 Å². The van der Waals surface area contributed by atoms with E-state index in [0.29, 0.717) is 0 Å². The summed E-state index contributed by atoms with van der Waals surface area (Å²) in [5.41, 5.74) is 11.3. The van der Waals surface area contributed by atoms with Gasteiger partial charge in [-0.1, -0.05) is 140 Å². The molecular formula is C52H31NO. The molecular weight excluding hydrogens is 655 g/mol. The van der Waals surface area contributed by atoms with Gasteiger partial charge in [0.25, 0.3) is 0 Å². The number of para-hydroxylation sites is 1.